The average molecular weight is 855 g/mol. The quantitative estimate of drug-likeness (QED) is 0.181. The van der Waals surface area contributed by atoms with E-state index in [-0.39, 0.29) is 39.6 Å². The molecule has 0 spiro atoms. The first-order valence-corrected chi connectivity index (χ1v) is 20.3. The van der Waals surface area contributed by atoms with Gasteiger partial charge in [0.2, 0.25) is 0 Å². The summed E-state index contributed by atoms with van der Waals surface area (Å²) in [5, 5.41) is 13.0. The molecule has 0 amide bonds. The smallest absolute Gasteiger partial charge is 0.149 e. The summed E-state index contributed by atoms with van der Waals surface area (Å²) in [4.78, 5) is 9.77. The van der Waals surface area contributed by atoms with Crippen molar-refractivity contribution in [1.82, 2.24) is 14.5 Å². The largest absolute Gasteiger partial charge is 0.507 e. The molecule has 0 unspecified atom stereocenters. The number of imidazole rings is 1. The van der Waals surface area contributed by atoms with Gasteiger partial charge in [-0.3, -0.25) is 9.55 Å². The Labute approximate surface area is 410 Å². The maximum Gasteiger partial charge on any atom is 0.149 e. The molecule has 8 aromatic rings. The Morgan fingerprint density at radius 3 is 1.94 bits per heavy atom. The summed E-state index contributed by atoms with van der Waals surface area (Å²) in [5.74, 6) is -1.91. The number of phenolic OH excluding ortho intramolecular Hbond substituents is 1. The van der Waals surface area contributed by atoms with Gasteiger partial charge in [0.1, 0.15) is 11.6 Å². The Hall–Kier alpha value is -6.26. The van der Waals surface area contributed by atoms with Crippen molar-refractivity contribution in [2.45, 2.75) is 111 Å². The summed E-state index contributed by atoms with van der Waals surface area (Å²) >= 11 is 0. The second-order valence-corrected chi connectivity index (χ2v) is 17.9. The molecule has 0 aliphatic rings. The third kappa shape index (κ3) is 8.61. The van der Waals surface area contributed by atoms with Crippen molar-refractivity contribution in [2.24, 2.45) is 0 Å². The van der Waals surface area contributed by atoms with E-state index in [9.17, 15) is 5.11 Å². The van der Waals surface area contributed by atoms with Crippen molar-refractivity contribution >= 4 is 11.0 Å². The summed E-state index contributed by atoms with van der Waals surface area (Å²) in [7, 11) is 0. The normalized spacial score (nSPS) is 19.8. The first kappa shape index (κ1) is 22.4. The molecule has 320 valence electrons. The van der Waals surface area contributed by atoms with Gasteiger partial charge < -0.3 is 5.11 Å². The van der Waals surface area contributed by atoms with Crippen LogP contribution < -0.4 is 0 Å². The molecule has 0 saturated carbocycles. The van der Waals surface area contributed by atoms with Gasteiger partial charge in [-0.1, -0.05) is 173 Å². The third-order valence-electron chi connectivity index (χ3n) is 11.1. The number of aromatic nitrogens is 3. The molecule has 2 aromatic heterocycles. The zero-order valence-corrected chi connectivity index (χ0v) is 35.8. The molecule has 63 heavy (non-hydrogen) atoms. The maximum atomic E-state index is 13.0. The Balaban J connectivity index is 1.58. The van der Waals surface area contributed by atoms with Gasteiger partial charge in [0, 0.05) is 57.4 Å². The van der Waals surface area contributed by atoms with Crippen LogP contribution in [0.2, 0.25) is 0 Å². The fraction of sp³-hybridized carbons (Fsp3) is 0.288. The summed E-state index contributed by atoms with van der Waals surface area (Å²) in [6.07, 6.45) is 1.38. The molecule has 2 heterocycles. The fourth-order valence-corrected chi connectivity index (χ4v) is 7.81. The number of phenols is 1. The number of fused-ring (bicyclic) bond motifs is 1. The van der Waals surface area contributed by atoms with E-state index >= 15 is 0 Å². The number of benzene rings is 6. The van der Waals surface area contributed by atoms with Crippen LogP contribution in [0.25, 0.3) is 72.7 Å². The van der Waals surface area contributed by atoms with E-state index in [0.29, 0.717) is 28.3 Å². The predicted molar refractivity (Wildman–Crippen MR) is 267 cm³/mol. The van der Waals surface area contributed by atoms with Crippen LogP contribution in [0.5, 0.6) is 5.75 Å². The van der Waals surface area contributed by atoms with Crippen molar-refractivity contribution in [3.63, 3.8) is 0 Å². The molecule has 0 atom stereocenters. The zero-order chi connectivity index (χ0) is 66.2. The molecule has 4 nitrogen and oxygen atoms in total. The molecule has 8 rings (SSSR count). The monoisotopic (exact) mass is 855 g/mol. The molecule has 0 bridgehead atoms. The van der Waals surface area contributed by atoms with Gasteiger partial charge in [-0.2, -0.15) is 0 Å². The van der Waals surface area contributed by atoms with Crippen LogP contribution in [0.4, 0.5) is 0 Å². The van der Waals surface area contributed by atoms with E-state index in [4.69, 9.17) is 39.3 Å². The van der Waals surface area contributed by atoms with Crippen LogP contribution in [0.3, 0.4) is 0 Å². The highest BCUT2D eigenvalue weighted by Crippen LogP contribution is 2.46. The first-order chi connectivity index (χ1) is 40.0. The van der Waals surface area contributed by atoms with Crippen LogP contribution in [0.15, 0.2) is 140 Å². The number of hydrogen-bond acceptors (Lipinski definition) is 3. The lowest BCUT2D eigenvalue weighted by Gasteiger charge is -2.28. The number of nitrogens with zero attached hydrogens (tertiary/aromatic N) is 3. The molecule has 1 N–H and O–H groups in total. The average Bonchev–Trinajstić information content (AvgIpc) is 0.767. The highest BCUT2D eigenvalue weighted by atomic mass is 16.3. The second kappa shape index (κ2) is 15.8. The Morgan fingerprint density at radius 1 is 0.540 bits per heavy atom. The number of aromatic hydroxyl groups is 1. The van der Waals surface area contributed by atoms with Crippen molar-refractivity contribution in [2.75, 3.05) is 0 Å². The zero-order valence-electron chi connectivity index (χ0n) is 60.8. The van der Waals surface area contributed by atoms with Crippen LogP contribution >= 0.6 is 0 Å². The Bertz CT molecular complexity index is 3910. The van der Waals surface area contributed by atoms with E-state index in [1.807, 2.05) is 84.0 Å². The molecule has 6 aromatic carbocycles. The van der Waals surface area contributed by atoms with E-state index in [1.165, 1.54) is 22.9 Å². The van der Waals surface area contributed by atoms with Crippen LogP contribution in [-0.2, 0) is 21.7 Å². The van der Waals surface area contributed by atoms with Gasteiger partial charge in [0.25, 0.3) is 0 Å². The Kier molecular flexibility index (Phi) is 5.62. The third-order valence-corrected chi connectivity index (χ3v) is 11.1. The highest BCUT2D eigenvalue weighted by molar-refractivity contribution is 5.97. The van der Waals surface area contributed by atoms with E-state index in [0.717, 1.165) is 16.7 Å². The molecule has 0 aliphatic heterocycles. The lowest BCUT2D eigenvalue weighted by molar-refractivity contribution is 0.446. The lowest BCUT2D eigenvalue weighted by Crippen LogP contribution is -2.17. The summed E-state index contributed by atoms with van der Waals surface area (Å²) < 4.78 is 218. The number of rotatable bonds is 6. The van der Waals surface area contributed by atoms with Crippen LogP contribution in [-0.4, -0.2) is 19.6 Å². The SMILES string of the molecule is [2H]c1c([2H])c(C([2H])([2H])[2H])c([2H])c([2H])c1-c1ccnc(-c2cc(-c3cccc4c3nc(-c3cc(C(C([2H])([2H])[2H])(C([2H])([2H])[2H])C([2H])([2H])[2H])cc(C(C([2H])([2H])[2H])(C([2H])([2H])[2H])C([2H])([2H])[2H])c3O)n4-c3ccc(-c4ccccc4)c(C(C)(C)C)c3)cc(C(C)(C)C)c2)c1. The van der Waals surface area contributed by atoms with Gasteiger partial charge in [-0.05, 0) is 122 Å². The minimum Gasteiger partial charge on any atom is -0.507 e. The Morgan fingerprint density at radius 2 is 1.25 bits per heavy atom. The van der Waals surface area contributed by atoms with Gasteiger partial charge in [0.15, 0.2) is 0 Å². The fourth-order valence-electron chi connectivity index (χ4n) is 7.81. The summed E-state index contributed by atoms with van der Waals surface area (Å²) in [5.41, 5.74) is -9.09. The van der Waals surface area contributed by atoms with Gasteiger partial charge in [-0.15, -0.1) is 0 Å². The van der Waals surface area contributed by atoms with Gasteiger partial charge in [0.05, 0.1) is 27.8 Å². The minimum absolute atomic E-state index is 0.0625. The maximum absolute atomic E-state index is 13.0. The molecular weight excluding hydrogens is 767 g/mol. The highest BCUT2D eigenvalue weighted by Gasteiger charge is 2.30. The number of para-hydroxylation sites is 1. The number of pyridine rings is 1. The lowest BCUT2D eigenvalue weighted by atomic mass is 9.78. The van der Waals surface area contributed by atoms with Crippen molar-refractivity contribution in [1.29, 1.82) is 0 Å². The molecule has 0 radical (unpaired) electrons. The van der Waals surface area contributed by atoms with Gasteiger partial charge in [-0.25, -0.2) is 4.98 Å². The first-order valence-electron chi connectivity index (χ1n) is 32.8. The van der Waals surface area contributed by atoms with Crippen LogP contribution in [0.1, 0.15) is 145 Å². The van der Waals surface area contributed by atoms with Crippen molar-refractivity contribution < 1.29 is 39.4 Å². The summed E-state index contributed by atoms with van der Waals surface area (Å²) in [6, 6.07) is 26.1. The second-order valence-electron chi connectivity index (χ2n) is 17.9. The molecule has 4 heteroatoms. The minimum atomic E-state index is -4.20. The van der Waals surface area contributed by atoms with Crippen molar-refractivity contribution in [3.8, 4) is 67.5 Å². The topological polar surface area (TPSA) is 50.9 Å². The van der Waals surface area contributed by atoms with E-state index in [2.05, 4.69) is 4.98 Å². The van der Waals surface area contributed by atoms with E-state index in [1.54, 1.807) is 42.5 Å². The summed E-state index contributed by atoms with van der Waals surface area (Å²) in [6.45, 7) is -16.2. The van der Waals surface area contributed by atoms with Gasteiger partial charge >= 0.3 is 0 Å². The van der Waals surface area contributed by atoms with Crippen LogP contribution in [0, 0.1) is 6.85 Å². The van der Waals surface area contributed by atoms with Crippen molar-refractivity contribution in [3.05, 3.63) is 167 Å². The predicted octanol–water partition coefficient (Wildman–Crippen LogP) is 16.0. The standard InChI is InChI=1S/C59H63N3O/c1-37-22-24-38(25-23-37)40-28-29-60-51(33-40)42-30-41(31-43(32-42)56(2,3)4)47-20-17-21-52-53(47)61-55(48-34-44(57(5,6)7)35-50(54(48)63)59(11,12)13)62(52)45-26-27-46(39-18-15-14-16-19-39)49(36-45)58(8,9)10/h14-36,63H,1-13H3/i1D3,5D3,6D3,7D3,11D3,12D3,13D3,22D,23D,24D,25D. The molecule has 0 saturated heterocycles. The molecular formula is C59H63N3O. The molecule has 0 fully saturated rings. The molecule has 0 aliphatic carbocycles. The van der Waals surface area contributed by atoms with E-state index < -0.39 is 128 Å². The number of hydrogen-bond donors (Lipinski definition) is 1.